The Morgan fingerprint density at radius 3 is 1.26 bits per heavy atom. The number of rotatable bonds is 45. The molecule has 8 nitrogen and oxygen atoms in total. The first-order valence-corrected chi connectivity index (χ1v) is 26.7. The number of phosphoric ester groups is 1. The van der Waals surface area contributed by atoms with Crippen molar-refractivity contribution in [1.82, 2.24) is 0 Å². The van der Waals surface area contributed by atoms with Gasteiger partial charge in [-0.2, -0.15) is 0 Å². The van der Waals surface area contributed by atoms with E-state index in [4.69, 9.17) is 18.5 Å². The van der Waals surface area contributed by atoms with Gasteiger partial charge < -0.3 is 27.9 Å². The van der Waals surface area contributed by atoms with Crippen molar-refractivity contribution in [2.45, 2.75) is 174 Å². The smallest absolute Gasteiger partial charge is 0.306 e. The van der Waals surface area contributed by atoms with E-state index in [1.165, 1.54) is 25.7 Å². The van der Waals surface area contributed by atoms with Gasteiger partial charge in [0, 0.05) is 13.0 Å². The number of hydrogen-bond acceptors (Lipinski definition) is 7. The van der Waals surface area contributed by atoms with Crippen molar-refractivity contribution in [1.29, 1.82) is 0 Å². The number of quaternary nitrogens is 1. The van der Waals surface area contributed by atoms with Gasteiger partial charge in [0.1, 0.15) is 19.3 Å². The van der Waals surface area contributed by atoms with Gasteiger partial charge in [0.05, 0.1) is 34.4 Å². The van der Waals surface area contributed by atoms with E-state index in [2.05, 4.69) is 135 Å². The average molecular weight is 924 g/mol. The fourth-order valence-electron chi connectivity index (χ4n) is 6.19. The van der Waals surface area contributed by atoms with E-state index in [0.717, 1.165) is 122 Å². The maximum atomic E-state index is 12.7. The Kier molecular flexibility index (Phi) is 45.1. The SMILES string of the molecule is CC/C=C\C/C=C\C/C=C\C/C=C\C/C=C\C/C=C\CCCCCCCCCOCC(COP(=O)([O-])OCC[N+](C)(C)C)OC(=O)CCCCCC/C=C\C/C=C\C/C=C\C/C=C\CC. The molecule has 0 fully saturated rings. The lowest BCUT2D eigenvalue weighted by Gasteiger charge is -2.28. The summed E-state index contributed by atoms with van der Waals surface area (Å²) in [6, 6.07) is 0. The van der Waals surface area contributed by atoms with Gasteiger partial charge in [-0.15, -0.1) is 0 Å². The Balaban J connectivity index is 4.24. The number of unbranched alkanes of at least 4 members (excludes halogenated alkanes) is 11. The number of hydrogen-bond donors (Lipinski definition) is 0. The van der Waals surface area contributed by atoms with Gasteiger partial charge >= 0.3 is 5.97 Å². The van der Waals surface area contributed by atoms with E-state index in [-0.39, 0.29) is 32.2 Å². The molecule has 0 aliphatic rings. The van der Waals surface area contributed by atoms with Crippen LogP contribution in [-0.4, -0.2) is 70.7 Å². The van der Waals surface area contributed by atoms with Crippen molar-refractivity contribution in [3.05, 3.63) is 122 Å². The first-order chi connectivity index (χ1) is 31.6. The predicted octanol–water partition coefficient (Wildman–Crippen LogP) is 15.1. The topological polar surface area (TPSA) is 94.1 Å². The maximum Gasteiger partial charge on any atom is 0.306 e. The lowest BCUT2D eigenvalue weighted by atomic mass is 10.1. The van der Waals surface area contributed by atoms with Crippen LogP contribution in [0.15, 0.2) is 122 Å². The summed E-state index contributed by atoms with van der Waals surface area (Å²) in [5.41, 5.74) is 0. The maximum absolute atomic E-state index is 12.7. The van der Waals surface area contributed by atoms with Crippen molar-refractivity contribution in [2.75, 3.05) is 54.1 Å². The summed E-state index contributed by atoms with van der Waals surface area (Å²) < 4.78 is 34.7. The highest BCUT2D eigenvalue weighted by Crippen LogP contribution is 2.38. The molecule has 2 unspecified atom stereocenters. The van der Waals surface area contributed by atoms with Crippen LogP contribution in [0.4, 0.5) is 0 Å². The summed E-state index contributed by atoms with van der Waals surface area (Å²) in [7, 11) is 1.31. The summed E-state index contributed by atoms with van der Waals surface area (Å²) in [5.74, 6) is -0.367. The van der Waals surface area contributed by atoms with Crippen molar-refractivity contribution in [2.24, 2.45) is 0 Å². The molecule has 0 aromatic heterocycles. The second-order valence-electron chi connectivity index (χ2n) is 17.4. The number of nitrogens with zero attached hydrogens (tertiary/aromatic N) is 1. The minimum Gasteiger partial charge on any atom is -0.756 e. The minimum absolute atomic E-state index is 0.0109. The van der Waals surface area contributed by atoms with E-state index < -0.39 is 13.9 Å². The molecule has 0 aliphatic heterocycles. The number of ether oxygens (including phenoxy) is 2. The number of likely N-dealkylation sites (N-methyl/N-ethyl adjacent to an activating group) is 1. The molecule has 0 heterocycles. The van der Waals surface area contributed by atoms with Crippen molar-refractivity contribution in [3.8, 4) is 0 Å². The highest BCUT2D eigenvalue weighted by molar-refractivity contribution is 7.45. The first-order valence-electron chi connectivity index (χ1n) is 25.3. The Morgan fingerprint density at radius 2 is 0.846 bits per heavy atom. The van der Waals surface area contributed by atoms with Crippen LogP contribution in [0.2, 0.25) is 0 Å². The molecule has 0 bridgehead atoms. The van der Waals surface area contributed by atoms with Crippen molar-refractivity contribution >= 4 is 13.8 Å². The van der Waals surface area contributed by atoms with Crippen LogP contribution in [0.1, 0.15) is 168 Å². The number of phosphoric acid groups is 1. The molecule has 0 aliphatic carbocycles. The quantitative estimate of drug-likeness (QED) is 0.0197. The lowest BCUT2D eigenvalue weighted by molar-refractivity contribution is -0.870. The second-order valence-corrected chi connectivity index (χ2v) is 18.8. The number of allylic oxidation sites excluding steroid dienone is 20. The van der Waals surface area contributed by atoms with Crippen LogP contribution in [0.25, 0.3) is 0 Å². The Labute approximate surface area is 399 Å². The third-order valence-corrected chi connectivity index (χ3v) is 11.0. The fraction of sp³-hybridized carbons (Fsp3) is 0.625. The zero-order chi connectivity index (χ0) is 47.6. The molecule has 0 amide bonds. The van der Waals surface area contributed by atoms with Crippen LogP contribution in [-0.2, 0) is 27.9 Å². The molecule has 0 spiro atoms. The van der Waals surface area contributed by atoms with Crippen molar-refractivity contribution in [3.63, 3.8) is 0 Å². The normalized spacial score (nSPS) is 14.6. The fourth-order valence-corrected chi connectivity index (χ4v) is 6.92. The lowest BCUT2D eigenvalue weighted by Crippen LogP contribution is -2.37. The number of carbonyl (C=O) groups is 1. The molecule has 0 N–H and O–H groups in total. The summed E-state index contributed by atoms with van der Waals surface area (Å²) in [6.07, 6.45) is 67.9. The van der Waals surface area contributed by atoms with Crippen LogP contribution in [0.3, 0.4) is 0 Å². The Bertz CT molecular complexity index is 1450. The molecule has 370 valence electrons. The van der Waals surface area contributed by atoms with Crippen LogP contribution >= 0.6 is 7.82 Å². The molecule has 0 aromatic rings. The van der Waals surface area contributed by atoms with Gasteiger partial charge in [0.2, 0.25) is 0 Å². The van der Waals surface area contributed by atoms with Gasteiger partial charge in [-0.25, -0.2) is 0 Å². The molecule has 2 atom stereocenters. The zero-order valence-electron chi connectivity index (χ0n) is 41.9. The summed E-state index contributed by atoms with van der Waals surface area (Å²) in [6.45, 7) is 5.09. The molecule has 9 heteroatoms. The van der Waals surface area contributed by atoms with Gasteiger partial charge in [0.25, 0.3) is 7.82 Å². The molecule has 0 radical (unpaired) electrons. The average Bonchev–Trinajstić information content (AvgIpc) is 3.27. The van der Waals surface area contributed by atoms with E-state index in [1.54, 1.807) is 0 Å². The van der Waals surface area contributed by atoms with E-state index in [0.29, 0.717) is 17.6 Å². The van der Waals surface area contributed by atoms with E-state index in [9.17, 15) is 14.3 Å². The van der Waals surface area contributed by atoms with Gasteiger partial charge in [0.15, 0.2) is 0 Å². The standard InChI is InChI=1S/C56H94NO7P/c1-6-8-10-12-14-16-18-20-22-24-25-26-27-28-29-30-31-32-34-36-38-40-42-44-46-48-51-61-53-55(54-63-65(59,60)62-52-50-57(3,4)5)64-56(58)49-47-45-43-41-39-37-35-33-23-21-19-17-15-13-11-9-7-2/h8-11,14-17,20-23,25-26,28-29,31-32,35,37,55H,6-7,12-13,18-19,24,27,30,33-34,36,38-54H2,1-5H3/b10-8-,11-9-,16-14-,17-15-,22-20-,23-21-,26-25-,29-28-,32-31-,37-35-. The van der Waals surface area contributed by atoms with E-state index >= 15 is 0 Å². The molecule has 0 rings (SSSR count). The van der Waals surface area contributed by atoms with Crippen LogP contribution < -0.4 is 4.89 Å². The van der Waals surface area contributed by atoms with Gasteiger partial charge in [-0.05, 0) is 103 Å². The molecule has 65 heavy (non-hydrogen) atoms. The highest BCUT2D eigenvalue weighted by atomic mass is 31.2. The molecular formula is C56H94NO7P. The minimum atomic E-state index is -4.55. The number of esters is 1. The first kappa shape index (κ1) is 61.9. The Hall–Kier alpha value is -3.10. The van der Waals surface area contributed by atoms with Crippen LogP contribution in [0, 0.1) is 0 Å². The third kappa shape index (κ3) is 51.7. The molecule has 0 saturated heterocycles. The summed E-state index contributed by atoms with van der Waals surface area (Å²) >= 11 is 0. The van der Waals surface area contributed by atoms with Gasteiger partial charge in [-0.3, -0.25) is 9.36 Å². The summed E-state index contributed by atoms with van der Waals surface area (Å²) in [5, 5.41) is 0. The third-order valence-electron chi connectivity index (χ3n) is 10.0. The largest absolute Gasteiger partial charge is 0.756 e. The van der Waals surface area contributed by atoms with E-state index in [1.807, 2.05) is 21.1 Å². The summed E-state index contributed by atoms with van der Waals surface area (Å²) in [4.78, 5) is 25.2. The predicted molar refractivity (Wildman–Crippen MR) is 277 cm³/mol. The monoisotopic (exact) mass is 924 g/mol. The van der Waals surface area contributed by atoms with Crippen LogP contribution in [0.5, 0.6) is 0 Å². The zero-order valence-corrected chi connectivity index (χ0v) is 42.8. The highest BCUT2D eigenvalue weighted by Gasteiger charge is 2.20. The molecule has 0 saturated carbocycles. The number of carbonyl (C=O) groups excluding carboxylic acids is 1. The molecular weight excluding hydrogens is 830 g/mol. The molecule has 0 aromatic carbocycles. The second kappa shape index (κ2) is 47.4. The van der Waals surface area contributed by atoms with Gasteiger partial charge in [-0.1, -0.05) is 180 Å². The van der Waals surface area contributed by atoms with Crippen molar-refractivity contribution < 1.29 is 37.3 Å². The Morgan fingerprint density at radius 1 is 0.477 bits per heavy atom.